The Bertz CT molecular complexity index is 731. The first kappa shape index (κ1) is 12.8. The molecule has 0 spiro atoms. The lowest BCUT2D eigenvalue weighted by Gasteiger charge is -2.04. The number of anilines is 1. The fourth-order valence-electron chi connectivity index (χ4n) is 1.43. The highest BCUT2D eigenvalue weighted by atomic mass is 35.5. The Kier molecular flexibility index (Phi) is 3.48. The van der Waals surface area contributed by atoms with Gasteiger partial charge in [-0.15, -0.1) is 0 Å². The summed E-state index contributed by atoms with van der Waals surface area (Å²) in [6.07, 6.45) is 4.99. The van der Waals surface area contributed by atoms with Crippen LogP contribution in [0, 0.1) is 0 Å². The van der Waals surface area contributed by atoms with Crippen LogP contribution in [0.2, 0.25) is 5.02 Å². The second kappa shape index (κ2) is 5.43. The molecule has 0 atom stereocenters. The second-order valence-electron chi connectivity index (χ2n) is 3.62. The van der Waals surface area contributed by atoms with Crippen LogP contribution < -0.4 is 5.73 Å². The van der Waals surface area contributed by atoms with Gasteiger partial charge >= 0.3 is 0 Å². The number of rotatable bonds is 3. The molecule has 0 aliphatic heterocycles. The van der Waals surface area contributed by atoms with Crippen LogP contribution in [0.4, 0.5) is 5.95 Å². The van der Waals surface area contributed by atoms with Crippen molar-refractivity contribution in [3.63, 3.8) is 0 Å². The largest absolute Gasteiger partial charge is 0.368 e. The summed E-state index contributed by atoms with van der Waals surface area (Å²) in [5.74, 6) is 0.456. The third-order valence-corrected chi connectivity index (χ3v) is 3.54. The van der Waals surface area contributed by atoms with Crippen molar-refractivity contribution in [2.45, 2.75) is 10.2 Å². The number of hydrogen-bond acceptors (Lipinski definition) is 7. The van der Waals surface area contributed by atoms with Crippen molar-refractivity contribution in [2.75, 3.05) is 5.73 Å². The first-order valence-electron chi connectivity index (χ1n) is 5.52. The van der Waals surface area contributed by atoms with Crippen LogP contribution in [0.1, 0.15) is 0 Å². The van der Waals surface area contributed by atoms with E-state index in [4.69, 9.17) is 17.3 Å². The Morgan fingerprint density at radius 1 is 1.15 bits per heavy atom. The van der Waals surface area contributed by atoms with Crippen LogP contribution in [-0.2, 0) is 0 Å². The van der Waals surface area contributed by atoms with Gasteiger partial charge in [0.15, 0.2) is 0 Å². The number of halogens is 1. The summed E-state index contributed by atoms with van der Waals surface area (Å²) in [7, 11) is 0. The molecule has 0 aromatic carbocycles. The van der Waals surface area contributed by atoms with Crippen LogP contribution >= 0.6 is 23.4 Å². The van der Waals surface area contributed by atoms with Crippen molar-refractivity contribution in [1.82, 2.24) is 29.7 Å². The zero-order valence-corrected chi connectivity index (χ0v) is 11.6. The van der Waals surface area contributed by atoms with Gasteiger partial charge in [-0.1, -0.05) is 11.6 Å². The van der Waals surface area contributed by atoms with E-state index < -0.39 is 0 Å². The summed E-state index contributed by atoms with van der Waals surface area (Å²) in [6, 6.07) is 5.27. The monoisotopic (exact) mass is 305 g/mol. The Morgan fingerprint density at radius 3 is 2.80 bits per heavy atom. The van der Waals surface area contributed by atoms with Crippen molar-refractivity contribution >= 4 is 29.3 Å². The number of aromatic nitrogens is 6. The molecule has 3 rings (SSSR count). The van der Waals surface area contributed by atoms with Crippen molar-refractivity contribution < 1.29 is 0 Å². The number of nitrogens with two attached hydrogens (primary N) is 1. The van der Waals surface area contributed by atoms with Gasteiger partial charge in [-0.05, 0) is 30.0 Å². The summed E-state index contributed by atoms with van der Waals surface area (Å²) >= 11 is 7.26. The van der Waals surface area contributed by atoms with E-state index in [1.807, 2.05) is 0 Å². The summed E-state index contributed by atoms with van der Waals surface area (Å²) in [6.45, 7) is 0. The van der Waals surface area contributed by atoms with Crippen LogP contribution in [0.25, 0.3) is 5.95 Å². The highest BCUT2D eigenvalue weighted by molar-refractivity contribution is 7.99. The molecule has 7 nitrogen and oxygen atoms in total. The zero-order valence-electron chi connectivity index (χ0n) is 10.0. The van der Waals surface area contributed by atoms with Gasteiger partial charge in [0.05, 0.1) is 5.02 Å². The van der Waals surface area contributed by atoms with Gasteiger partial charge in [0, 0.05) is 18.6 Å². The maximum absolute atomic E-state index is 6.05. The lowest BCUT2D eigenvalue weighted by molar-refractivity contribution is 0.764. The number of hydrogen-bond donors (Lipinski definition) is 1. The molecule has 0 saturated heterocycles. The van der Waals surface area contributed by atoms with E-state index in [0.29, 0.717) is 21.2 Å². The Morgan fingerprint density at radius 2 is 2.05 bits per heavy atom. The van der Waals surface area contributed by atoms with Crippen molar-refractivity contribution in [3.8, 4) is 5.95 Å². The van der Waals surface area contributed by atoms with Crippen LogP contribution in [0.5, 0.6) is 0 Å². The molecular formula is C11H8ClN7S. The SMILES string of the molecule is Nc1nc(Sc2ncccc2Cl)nc(-n2cccn2)n1. The summed E-state index contributed by atoms with van der Waals surface area (Å²) in [4.78, 5) is 16.5. The minimum absolute atomic E-state index is 0.111. The predicted molar refractivity (Wildman–Crippen MR) is 74.7 cm³/mol. The molecular weight excluding hydrogens is 298 g/mol. The van der Waals surface area contributed by atoms with Gasteiger partial charge in [-0.25, -0.2) is 9.67 Å². The van der Waals surface area contributed by atoms with E-state index >= 15 is 0 Å². The maximum atomic E-state index is 6.05. The quantitative estimate of drug-likeness (QED) is 0.788. The molecule has 3 aromatic heterocycles. The zero-order chi connectivity index (χ0) is 13.9. The number of nitrogen functional groups attached to an aromatic ring is 1. The van der Waals surface area contributed by atoms with Crippen molar-refractivity contribution in [3.05, 3.63) is 41.8 Å². The molecule has 9 heteroatoms. The van der Waals surface area contributed by atoms with E-state index in [0.717, 1.165) is 0 Å². The molecule has 2 N–H and O–H groups in total. The molecule has 0 unspecified atom stereocenters. The molecule has 0 radical (unpaired) electrons. The van der Waals surface area contributed by atoms with E-state index in [1.165, 1.54) is 16.4 Å². The minimum Gasteiger partial charge on any atom is -0.368 e. The molecule has 0 bridgehead atoms. The number of nitrogens with zero attached hydrogens (tertiary/aromatic N) is 6. The van der Waals surface area contributed by atoms with E-state index in [9.17, 15) is 0 Å². The maximum Gasteiger partial charge on any atom is 0.256 e. The van der Waals surface area contributed by atoms with Gasteiger partial charge in [0.25, 0.3) is 5.95 Å². The first-order valence-corrected chi connectivity index (χ1v) is 6.72. The lowest BCUT2D eigenvalue weighted by atomic mass is 10.5. The van der Waals surface area contributed by atoms with Crippen molar-refractivity contribution in [1.29, 1.82) is 0 Å². The smallest absolute Gasteiger partial charge is 0.256 e. The molecule has 3 heterocycles. The first-order chi connectivity index (χ1) is 9.72. The van der Waals surface area contributed by atoms with E-state index in [1.54, 1.807) is 36.8 Å². The molecule has 100 valence electrons. The lowest BCUT2D eigenvalue weighted by Crippen LogP contribution is -2.07. The Hall–Kier alpha value is -2.19. The fraction of sp³-hybridized carbons (Fsp3) is 0. The van der Waals surface area contributed by atoms with E-state index in [2.05, 4.69) is 25.0 Å². The van der Waals surface area contributed by atoms with Crippen molar-refractivity contribution in [2.24, 2.45) is 0 Å². The van der Waals surface area contributed by atoms with Gasteiger partial charge in [0.2, 0.25) is 11.1 Å². The van der Waals surface area contributed by atoms with Crippen LogP contribution in [0.3, 0.4) is 0 Å². The highest BCUT2D eigenvalue weighted by Crippen LogP contribution is 2.29. The molecule has 20 heavy (non-hydrogen) atoms. The van der Waals surface area contributed by atoms with E-state index in [-0.39, 0.29) is 5.95 Å². The van der Waals surface area contributed by atoms with Crippen LogP contribution in [0.15, 0.2) is 47.0 Å². The minimum atomic E-state index is 0.111. The topological polar surface area (TPSA) is 95.4 Å². The fourth-order valence-corrected chi connectivity index (χ4v) is 2.38. The predicted octanol–water partition coefficient (Wildman–Crippen LogP) is 1.84. The Balaban J connectivity index is 1.97. The van der Waals surface area contributed by atoms with Gasteiger partial charge in [-0.3, -0.25) is 0 Å². The molecule has 0 amide bonds. The molecule has 0 saturated carbocycles. The second-order valence-corrected chi connectivity index (χ2v) is 4.98. The summed E-state index contributed by atoms with van der Waals surface area (Å²) < 4.78 is 1.50. The summed E-state index contributed by atoms with van der Waals surface area (Å²) in [5.41, 5.74) is 5.69. The van der Waals surface area contributed by atoms with Gasteiger partial charge < -0.3 is 5.73 Å². The highest BCUT2D eigenvalue weighted by Gasteiger charge is 2.10. The average molecular weight is 306 g/mol. The molecule has 0 fully saturated rings. The number of pyridine rings is 1. The molecule has 0 aliphatic rings. The van der Waals surface area contributed by atoms with Crippen LogP contribution in [-0.4, -0.2) is 29.7 Å². The third kappa shape index (κ3) is 2.70. The van der Waals surface area contributed by atoms with Gasteiger partial charge in [-0.2, -0.15) is 20.1 Å². The standard InChI is InChI=1S/C11H8ClN7S/c12-7-3-1-4-14-8(7)20-11-17-9(13)16-10(18-11)19-6-2-5-15-19/h1-6H,(H2,13,16,17,18). The normalized spacial score (nSPS) is 10.7. The van der Waals surface area contributed by atoms with Gasteiger partial charge in [0.1, 0.15) is 5.03 Å². The Labute approximate surface area is 123 Å². The third-order valence-electron chi connectivity index (χ3n) is 2.24. The molecule has 0 aliphatic carbocycles. The molecule has 3 aromatic rings. The average Bonchev–Trinajstić information content (AvgIpc) is 2.95. The summed E-state index contributed by atoms with van der Waals surface area (Å²) in [5, 5.41) is 5.58.